The van der Waals surface area contributed by atoms with Crippen LogP contribution in [-0.4, -0.2) is 14.7 Å². The number of aldehydes is 1. The molecule has 1 aromatic carbocycles. The number of hydrogen-bond acceptors (Lipinski definition) is 5. The molecule has 17 heavy (non-hydrogen) atoms. The van der Waals surface area contributed by atoms with Crippen molar-refractivity contribution in [1.82, 2.24) is 0 Å². The highest BCUT2D eigenvalue weighted by Gasteiger charge is 2.23. The van der Waals surface area contributed by atoms with Gasteiger partial charge in [0.05, 0.1) is 15.5 Å². The van der Waals surface area contributed by atoms with Crippen LogP contribution in [0.5, 0.6) is 0 Å². The molecule has 2 rings (SSSR count). The SMILES string of the molecule is Nc1c(S(=O)(=O)c2ccccc2)csc1C=O. The highest BCUT2D eigenvalue weighted by Crippen LogP contribution is 2.31. The van der Waals surface area contributed by atoms with E-state index in [-0.39, 0.29) is 20.4 Å². The van der Waals surface area contributed by atoms with Crippen molar-refractivity contribution in [2.45, 2.75) is 9.79 Å². The summed E-state index contributed by atoms with van der Waals surface area (Å²) in [7, 11) is -3.63. The summed E-state index contributed by atoms with van der Waals surface area (Å²) in [6.45, 7) is 0. The molecule has 0 saturated carbocycles. The second-order valence-corrected chi connectivity index (χ2v) is 6.14. The molecule has 6 heteroatoms. The lowest BCUT2D eigenvalue weighted by atomic mass is 10.4. The molecular weight excluding hydrogens is 258 g/mol. The normalized spacial score (nSPS) is 11.3. The maximum atomic E-state index is 12.2. The first-order valence-corrected chi connectivity index (χ1v) is 7.06. The summed E-state index contributed by atoms with van der Waals surface area (Å²) < 4.78 is 24.4. The fourth-order valence-electron chi connectivity index (χ4n) is 1.39. The van der Waals surface area contributed by atoms with Crippen molar-refractivity contribution in [3.05, 3.63) is 40.6 Å². The molecule has 1 heterocycles. The molecule has 1 aromatic heterocycles. The van der Waals surface area contributed by atoms with Crippen LogP contribution in [0.15, 0.2) is 45.5 Å². The number of nitrogen functional groups attached to an aromatic ring is 1. The van der Waals surface area contributed by atoms with E-state index in [0.29, 0.717) is 6.29 Å². The zero-order valence-electron chi connectivity index (χ0n) is 8.66. The molecule has 0 fully saturated rings. The third kappa shape index (κ3) is 1.96. The van der Waals surface area contributed by atoms with Crippen molar-refractivity contribution in [2.24, 2.45) is 0 Å². The summed E-state index contributed by atoms with van der Waals surface area (Å²) in [5.74, 6) is 0. The Morgan fingerprint density at radius 2 is 1.82 bits per heavy atom. The van der Waals surface area contributed by atoms with E-state index in [1.54, 1.807) is 18.2 Å². The van der Waals surface area contributed by atoms with Crippen molar-refractivity contribution in [2.75, 3.05) is 5.73 Å². The second kappa shape index (κ2) is 4.31. The first kappa shape index (κ1) is 11.8. The number of carbonyl (C=O) groups is 1. The number of carbonyl (C=O) groups excluding carboxylic acids is 1. The van der Waals surface area contributed by atoms with Gasteiger partial charge in [-0.1, -0.05) is 18.2 Å². The Hall–Kier alpha value is -1.66. The average molecular weight is 267 g/mol. The fourth-order valence-corrected chi connectivity index (χ4v) is 3.93. The van der Waals surface area contributed by atoms with Gasteiger partial charge in [0.1, 0.15) is 4.90 Å². The Kier molecular flexibility index (Phi) is 2.99. The van der Waals surface area contributed by atoms with Gasteiger partial charge in [-0.2, -0.15) is 0 Å². The Labute approximate surface area is 103 Å². The average Bonchev–Trinajstić information content (AvgIpc) is 2.72. The maximum absolute atomic E-state index is 12.2. The van der Waals surface area contributed by atoms with Crippen LogP contribution in [0.4, 0.5) is 5.69 Å². The van der Waals surface area contributed by atoms with Gasteiger partial charge in [0.15, 0.2) is 6.29 Å². The van der Waals surface area contributed by atoms with Crippen LogP contribution >= 0.6 is 11.3 Å². The highest BCUT2D eigenvalue weighted by atomic mass is 32.2. The Morgan fingerprint density at radius 3 is 2.35 bits per heavy atom. The van der Waals surface area contributed by atoms with Crippen LogP contribution in [0.1, 0.15) is 9.67 Å². The number of thiophene rings is 1. The first-order valence-electron chi connectivity index (χ1n) is 4.69. The zero-order valence-corrected chi connectivity index (χ0v) is 10.3. The van der Waals surface area contributed by atoms with Gasteiger partial charge >= 0.3 is 0 Å². The van der Waals surface area contributed by atoms with E-state index in [0.717, 1.165) is 11.3 Å². The summed E-state index contributed by atoms with van der Waals surface area (Å²) >= 11 is 1.03. The molecule has 0 aliphatic heterocycles. The monoisotopic (exact) mass is 267 g/mol. The molecule has 0 spiro atoms. The summed E-state index contributed by atoms with van der Waals surface area (Å²) in [6, 6.07) is 7.99. The number of rotatable bonds is 3. The topological polar surface area (TPSA) is 77.2 Å². The second-order valence-electron chi connectivity index (χ2n) is 3.31. The van der Waals surface area contributed by atoms with Crippen LogP contribution < -0.4 is 5.73 Å². The molecule has 88 valence electrons. The summed E-state index contributed by atoms with van der Waals surface area (Å²) in [5, 5.41) is 1.39. The molecule has 2 N–H and O–H groups in total. The lowest BCUT2D eigenvalue weighted by molar-refractivity contribution is 0.112. The molecule has 0 amide bonds. The van der Waals surface area contributed by atoms with Crippen LogP contribution in [0.3, 0.4) is 0 Å². The minimum absolute atomic E-state index is 0.00389. The van der Waals surface area contributed by atoms with Crippen molar-refractivity contribution >= 4 is 33.1 Å². The molecule has 0 radical (unpaired) electrons. The number of nitrogens with two attached hydrogens (primary N) is 1. The summed E-state index contributed by atoms with van der Waals surface area (Å²) in [6.07, 6.45) is 0.560. The molecule has 2 aromatic rings. The first-order chi connectivity index (χ1) is 8.07. The Bertz CT molecular complexity index is 645. The number of hydrogen-bond donors (Lipinski definition) is 1. The van der Waals surface area contributed by atoms with E-state index in [2.05, 4.69) is 0 Å². The van der Waals surface area contributed by atoms with E-state index in [4.69, 9.17) is 5.73 Å². The molecule has 0 atom stereocenters. The van der Waals surface area contributed by atoms with E-state index in [1.165, 1.54) is 17.5 Å². The molecule has 0 unspecified atom stereocenters. The van der Waals surface area contributed by atoms with Gasteiger partial charge in [-0.05, 0) is 12.1 Å². The number of sulfone groups is 1. The van der Waals surface area contributed by atoms with Gasteiger partial charge in [-0.3, -0.25) is 4.79 Å². The van der Waals surface area contributed by atoms with Crippen LogP contribution in [0, 0.1) is 0 Å². The van der Waals surface area contributed by atoms with Crippen molar-refractivity contribution in [1.29, 1.82) is 0 Å². The minimum Gasteiger partial charge on any atom is -0.396 e. The lowest BCUT2D eigenvalue weighted by Crippen LogP contribution is -2.04. The Morgan fingerprint density at radius 1 is 1.18 bits per heavy atom. The molecule has 0 aliphatic rings. The smallest absolute Gasteiger partial charge is 0.209 e. The predicted octanol–water partition coefficient (Wildman–Crippen LogP) is 1.98. The van der Waals surface area contributed by atoms with Crippen LogP contribution in [0.25, 0.3) is 0 Å². The van der Waals surface area contributed by atoms with Crippen LogP contribution in [0.2, 0.25) is 0 Å². The van der Waals surface area contributed by atoms with Crippen molar-refractivity contribution in [3.8, 4) is 0 Å². The highest BCUT2D eigenvalue weighted by molar-refractivity contribution is 7.91. The van der Waals surface area contributed by atoms with E-state index in [1.807, 2.05) is 0 Å². The number of benzene rings is 1. The molecule has 0 saturated heterocycles. The minimum atomic E-state index is -3.63. The van der Waals surface area contributed by atoms with Crippen molar-refractivity contribution < 1.29 is 13.2 Å². The third-order valence-electron chi connectivity index (χ3n) is 2.27. The molecule has 0 bridgehead atoms. The van der Waals surface area contributed by atoms with E-state index in [9.17, 15) is 13.2 Å². The largest absolute Gasteiger partial charge is 0.396 e. The molecule has 0 aliphatic carbocycles. The van der Waals surface area contributed by atoms with Crippen molar-refractivity contribution in [3.63, 3.8) is 0 Å². The van der Waals surface area contributed by atoms with Gasteiger partial charge in [0.2, 0.25) is 9.84 Å². The van der Waals surface area contributed by atoms with Gasteiger partial charge in [0, 0.05) is 5.38 Å². The van der Waals surface area contributed by atoms with E-state index >= 15 is 0 Å². The van der Waals surface area contributed by atoms with Gasteiger partial charge in [-0.25, -0.2) is 8.42 Å². The van der Waals surface area contributed by atoms with Gasteiger partial charge < -0.3 is 5.73 Å². The third-order valence-corrected chi connectivity index (χ3v) is 5.16. The summed E-state index contributed by atoms with van der Waals surface area (Å²) in [5.41, 5.74) is 5.66. The lowest BCUT2D eigenvalue weighted by Gasteiger charge is -2.03. The van der Waals surface area contributed by atoms with Gasteiger partial charge in [0.25, 0.3) is 0 Å². The summed E-state index contributed by atoms with van der Waals surface area (Å²) in [4.78, 5) is 11.0. The standard InChI is InChI=1S/C11H9NO3S2/c12-11-9(6-13)16-7-10(11)17(14,15)8-4-2-1-3-5-8/h1-7H,12H2. The Balaban J connectivity index is 2.60. The maximum Gasteiger partial charge on any atom is 0.209 e. The van der Waals surface area contributed by atoms with Gasteiger partial charge in [-0.15, -0.1) is 11.3 Å². The fraction of sp³-hybridized carbons (Fsp3) is 0. The molecular formula is C11H9NO3S2. The van der Waals surface area contributed by atoms with E-state index < -0.39 is 9.84 Å². The zero-order chi connectivity index (χ0) is 12.5. The predicted molar refractivity (Wildman–Crippen MR) is 66.0 cm³/mol. The quantitative estimate of drug-likeness (QED) is 0.862. The van der Waals surface area contributed by atoms with Crippen LogP contribution in [-0.2, 0) is 9.84 Å². The molecule has 4 nitrogen and oxygen atoms in total. The number of anilines is 1.